The molecule has 0 amide bonds. The van der Waals surface area contributed by atoms with Crippen LogP contribution < -0.4 is 10.6 Å². The summed E-state index contributed by atoms with van der Waals surface area (Å²) in [6.07, 6.45) is 2.43. The van der Waals surface area contributed by atoms with Gasteiger partial charge in [-0.3, -0.25) is 0 Å². The quantitative estimate of drug-likeness (QED) is 0.451. The number of likely N-dealkylation sites (N-methyl/N-ethyl adjacent to an activating group) is 1. The minimum Gasteiger partial charge on any atom is -0.357 e. The summed E-state index contributed by atoms with van der Waals surface area (Å²) < 4.78 is 0. The first-order valence-electron chi connectivity index (χ1n) is 9.66. The lowest BCUT2D eigenvalue weighted by Crippen LogP contribution is -2.39. The summed E-state index contributed by atoms with van der Waals surface area (Å²) in [5.41, 5.74) is 2.54. The van der Waals surface area contributed by atoms with E-state index < -0.39 is 0 Å². The number of benzene rings is 1. The maximum atomic E-state index is 4.71. The number of hydrogen-bond acceptors (Lipinski definition) is 3. The first kappa shape index (κ1) is 19.7. The SMILES string of the molecule is CCNC(=NCc1cccc(C)c1)NCCCN1CCCN(C)CC1. The topological polar surface area (TPSA) is 42.9 Å². The predicted molar refractivity (Wildman–Crippen MR) is 107 cm³/mol. The molecule has 0 unspecified atom stereocenters. The number of aryl methyl sites for hydroxylation is 1. The minimum atomic E-state index is 0.718. The van der Waals surface area contributed by atoms with Gasteiger partial charge in [0.15, 0.2) is 5.96 Å². The standard InChI is InChI=1S/C20H35N5/c1-4-21-20(23-17-19-9-5-8-18(2)16-19)22-10-6-12-25-13-7-11-24(3)14-15-25/h5,8-9,16H,4,6-7,10-15,17H2,1-3H3,(H2,21,22,23). The molecule has 1 fully saturated rings. The van der Waals surface area contributed by atoms with E-state index in [2.05, 4.69) is 65.6 Å². The van der Waals surface area contributed by atoms with Crippen LogP contribution in [-0.2, 0) is 6.54 Å². The van der Waals surface area contributed by atoms with E-state index in [1.165, 1.54) is 43.7 Å². The fraction of sp³-hybridized carbons (Fsp3) is 0.650. The molecule has 1 heterocycles. The zero-order valence-electron chi connectivity index (χ0n) is 16.2. The van der Waals surface area contributed by atoms with E-state index in [1.807, 2.05) is 0 Å². The van der Waals surface area contributed by atoms with Crippen molar-refractivity contribution in [1.29, 1.82) is 0 Å². The Bertz CT molecular complexity index is 529. The molecule has 5 nitrogen and oxygen atoms in total. The van der Waals surface area contributed by atoms with Crippen molar-refractivity contribution in [3.63, 3.8) is 0 Å². The molecule has 2 N–H and O–H groups in total. The molecule has 0 bridgehead atoms. The van der Waals surface area contributed by atoms with Crippen LogP contribution in [0, 0.1) is 6.92 Å². The molecular weight excluding hydrogens is 310 g/mol. The lowest BCUT2D eigenvalue weighted by atomic mass is 10.1. The Kier molecular flexibility index (Phi) is 8.77. The summed E-state index contributed by atoms with van der Waals surface area (Å²) in [6, 6.07) is 8.55. The Morgan fingerprint density at radius 2 is 2.04 bits per heavy atom. The molecule has 2 rings (SSSR count). The molecule has 1 aromatic rings. The smallest absolute Gasteiger partial charge is 0.191 e. The van der Waals surface area contributed by atoms with Crippen molar-refractivity contribution in [2.75, 3.05) is 52.9 Å². The van der Waals surface area contributed by atoms with Gasteiger partial charge in [0.25, 0.3) is 0 Å². The molecule has 1 aliphatic rings. The number of aliphatic imine (C=N–C) groups is 1. The highest BCUT2D eigenvalue weighted by atomic mass is 15.2. The van der Waals surface area contributed by atoms with E-state index in [9.17, 15) is 0 Å². The summed E-state index contributed by atoms with van der Waals surface area (Å²) in [6.45, 7) is 12.8. The average molecular weight is 346 g/mol. The van der Waals surface area contributed by atoms with Crippen molar-refractivity contribution in [3.05, 3.63) is 35.4 Å². The van der Waals surface area contributed by atoms with Crippen LogP contribution in [0.15, 0.2) is 29.3 Å². The number of guanidine groups is 1. The van der Waals surface area contributed by atoms with Gasteiger partial charge in [-0.2, -0.15) is 0 Å². The van der Waals surface area contributed by atoms with E-state index in [4.69, 9.17) is 4.99 Å². The van der Waals surface area contributed by atoms with Gasteiger partial charge in [0.05, 0.1) is 6.54 Å². The molecule has 0 spiro atoms. The monoisotopic (exact) mass is 345 g/mol. The van der Waals surface area contributed by atoms with E-state index in [0.717, 1.165) is 38.6 Å². The molecule has 0 radical (unpaired) electrons. The van der Waals surface area contributed by atoms with Crippen LogP contribution >= 0.6 is 0 Å². The Balaban J connectivity index is 1.72. The van der Waals surface area contributed by atoms with Crippen LogP contribution in [0.4, 0.5) is 0 Å². The van der Waals surface area contributed by atoms with Crippen LogP contribution in [0.1, 0.15) is 30.9 Å². The second kappa shape index (κ2) is 11.1. The van der Waals surface area contributed by atoms with E-state index in [-0.39, 0.29) is 0 Å². The molecule has 1 aliphatic heterocycles. The molecule has 0 aromatic heterocycles. The van der Waals surface area contributed by atoms with Gasteiger partial charge in [-0.15, -0.1) is 0 Å². The molecule has 1 saturated heterocycles. The summed E-state index contributed by atoms with van der Waals surface area (Å²) in [5.74, 6) is 0.916. The molecular formula is C20H35N5. The second-order valence-corrected chi connectivity index (χ2v) is 6.96. The Morgan fingerprint density at radius 1 is 1.16 bits per heavy atom. The molecule has 0 saturated carbocycles. The molecule has 25 heavy (non-hydrogen) atoms. The van der Waals surface area contributed by atoms with Gasteiger partial charge in [-0.1, -0.05) is 29.8 Å². The maximum absolute atomic E-state index is 4.71. The van der Waals surface area contributed by atoms with Crippen LogP contribution in [0.2, 0.25) is 0 Å². The first-order chi connectivity index (χ1) is 12.2. The summed E-state index contributed by atoms with van der Waals surface area (Å²) in [4.78, 5) is 9.72. The third kappa shape index (κ3) is 7.88. The van der Waals surface area contributed by atoms with Crippen LogP contribution in [-0.4, -0.2) is 68.6 Å². The van der Waals surface area contributed by atoms with Crippen molar-refractivity contribution in [3.8, 4) is 0 Å². The molecule has 140 valence electrons. The van der Waals surface area contributed by atoms with E-state index in [1.54, 1.807) is 0 Å². The Hall–Kier alpha value is -1.59. The Labute approximate surface area is 153 Å². The minimum absolute atomic E-state index is 0.718. The summed E-state index contributed by atoms with van der Waals surface area (Å²) in [5, 5.41) is 6.81. The highest BCUT2D eigenvalue weighted by Crippen LogP contribution is 2.05. The van der Waals surface area contributed by atoms with Gasteiger partial charge in [0, 0.05) is 26.2 Å². The van der Waals surface area contributed by atoms with Gasteiger partial charge in [0.2, 0.25) is 0 Å². The van der Waals surface area contributed by atoms with Crippen LogP contribution in [0.5, 0.6) is 0 Å². The highest BCUT2D eigenvalue weighted by molar-refractivity contribution is 5.79. The second-order valence-electron chi connectivity index (χ2n) is 6.96. The van der Waals surface area contributed by atoms with Gasteiger partial charge in [-0.05, 0) is 58.9 Å². The maximum Gasteiger partial charge on any atom is 0.191 e. The van der Waals surface area contributed by atoms with Gasteiger partial charge in [-0.25, -0.2) is 4.99 Å². The molecule has 0 aliphatic carbocycles. The fourth-order valence-electron chi connectivity index (χ4n) is 3.16. The predicted octanol–water partition coefficient (Wildman–Crippen LogP) is 2.08. The Morgan fingerprint density at radius 3 is 2.84 bits per heavy atom. The first-order valence-corrected chi connectivity index (χ1v) is 9.66. The molecule has 0 atom stereocenters. The number of nitrogens with zero attached hydrogens (tertiary/aromatic N) is 3. The summed E-state index contributed by atoms with van der Waals surface area (Å²) in [7, 11) is 2.22. The lowest BCUT2D eigenvalue weighted by molar-refractivity contribution is 0.274. The number of nitrogens with one attached hydrogen (secondary N) is 2. The third-order valence-electron chi connectivity index (χ3n) is 4.60. The zero-order chi connectivity index (χ0) is 17.9. The van der Waals surface area contributed by atoms with Gasteiger partial charge in [0.1, 0.15) is 0 Å². The fourth-order valence-corrected chi connectivity index (χ4v) is 3.16. The highest BCUT2D eigenvalue weighted by Gasteiger charge is 2.11. The third-order valence-corrected chi connectivity index (χ3v) is 4.60. The van der Waals surface area contributed by atoms with Crippen molar-refractivity contribution in [2.24, 2.45) is 4.99 Å². The van der Waals surface area contributed by atoms with E-state index in [0.29, 0.717) is 0 Å². The lowest BCUT2D eigenvalue weighted by Gasteiger charge is -2.20. The summed E-state index contributed by atoms with van der Waals surface area (Å²) >= 11 is 0. The zero-order valence-corrected chi connectivity index (χ0v) is 16.2. The normalized spacial score (nSPS) is 17.3. The number of rotatable bonds is 7. The average Bonchev–Trinajstić information content (AvgIpc) is 2.81. The molecule has 5 heteroatoms. The van der Waals surface area contributed by atoms with Crippen molar-refractivity contribution >= 4 is 5.96 Å². The molecule has 1 aromatic carbocycles. The van der Waals surface area contributed by atoms with Gasteiger partial charge < -0.3 is 20.4 Å². The van der Waals surface area contributed by atoms with Crippen LogP contribution in [0.25, 0.3) is 0 Å². The van der Waals surface area contributed by atoms with Crippen molar-refractivity contribution < 1.29 is 0 Å². The van der Waals surface area contributed by atoms with Crippen molar-refractivity contribution in [1.82, 2.24) is 20.4 Å². The largest absolute Gasteiger partial charge is 0.357 e. The van der Waals surface area contributed by atoms with Gasteiger partial charge >= 0.3 is 0 Å². The van der Waals surface area contributed by atoms with Crippen LogP contribution in [0.3, 0.4) is 0 Å². The van der Waals surface area contributed by atoms with Crippen molar-refractivity contribution in [2.45, 2.75) is 33.2 Å². The number of hydrogen-bond donors (Lipinski definition) is 2. The van der Waals surface area contributed by atoms with E-state index >= 15 is 0 Å².